The predicted molar refractivity (Wildman–Crippen MR) is 84.0 cm³/mol. The number of amides is 2. The van der Waals surface area contributed by atoms with Gasteiger partial charge in [-0.05, 0) is 40.2 Å². The van der Waals surface area contributed by atoms with Crippen molar-refractivity contribution < 1.29 is 4.79 Å². The Bertz CT molecular complexity index is 588. The van der Waals surface area contributed by atoms with Crippen LogP contribution in [-0.2, 0) is 6.54 Å². The van der Waals surface area contributed by atoms with Crippen LogP contribution in [0.4, 0.5) is 10.5 Å². The van der Waals surface area contributed by atoms with Gasteiger partial charge < -0.3 is 10.2 Å². The number of urea groups is 1. The number of hydrogen-bond donors (Lipinski definition) is 1. The monoisotopic (exact) mass is 358 g/mol. The summed E-state index contributed by atoms with van der Waals surface area (Å²) < 4.78 is 1.06. The summed E-state index contributed by atoms with van der Waals surface area (Å²) in [6.45, 7) is 0.562. The number of anilines is 1. The molecule has 0 unspecified atom stereocenters. The first-order valence-corrected chi connectivity index (χ1v) is 7.56. The third-order valence-corrected chi connectivity index (χ3v) is 4.42. The molecular weight excluding hydrogens is 348 g/mol. The zero-order chi connectivity index (χ0) is 13.8. The van der Waals surface area contributed by atoms with E-state index >= 15 is 0 Å². The third-order valence-electron chi connectivity index (χ3n) is 2.48. The molecule has 2 rings (SSSR count). The van der Waals surface area contributed by atoms with Crippen LogP contribution in [0.5, 0.6) is 0 Å². The van der Waals surface area contributed by atoms with E-state index in [1.165, 1.54) is 0 Å². The quantitative estimate of drug-likeness (QED) is 0.836. The molecule has 0 fully saturated rings. The van der Waals surface area contributed by atoms with Gasteiger partial charge in [0.05, 0.1) is 21.0 Å². The Hall–Kier alpha value is -1.04. The highest BCUT2D eigenvalue weighted by molar-refractivity contribution is 9.11. The van der Waals surface area contributed by atoms with Crippen molar-refractivity contribution in [1.29, 1.82) is 0 Å². The maximum Gasteiger partial charge on any atom is 0.321 e. The molecule has 2 aromatic rings. The number of thiophene rings is 1. The second kappa shape index (κ2) is 6.41. The van der Waals surface area contributed by atoms with Gasteiger partial charge >= 0.3 is 6.03 Å². The molecule has 2 amide bonds. The molecule has 0 aliphatic rings. The zero-order valence-electron chi connectivity index (χ0n) is 10.2. The highest BCUT2D eigenvalue weighted by Gasteiger charge is 2.11. The smallest absolute Gasteiger partial charge is 0.321 e. The molecule has 1 N–H and O–H groups in total. The summed E-state index contributed by atoms with van der Waals surface area (Å²) in [7, 11) is 1.75. The van der Waals surface area contributed by atoms with Crippen molar-refractivity contribution in [2.45, 2.75) is 6.54 Å². The van der Waals surface area contributed by atoms with Crippen LogP contribution < -0.4 is 5.32 Å². The summed E-state index contributed by atoms with van der Waals surface area (Å²) in [6.07, 6.45) is 0. The first-order valence-electron chi connectivity index (χ1n) is 5.57. The van der Waals surface area contributed by atoms with Gasteiger partial charge in [0, 0.05) is 11.9 Å². The Morgan fingerprint density at radius 3 is 2.74 bits per heavy atom. The van der Waals surface area contributed by atoms with Crippen LogP contribution in [0.1, 0.15) is 4.88 Å². The predicted octanol–water partition coefficient (Wildman–Crippen LogP) is 4.83. The summed E-state index contributed by atoms with van der Waals surface area (Å²) >= 11 is 11.0. The minimum atomic E-state index is -0.183. The highest BCUT2D eigenvalue weighted by atomic mass is 79.9. The number of para-hydroxylation sites is 1. The van der Waals surface area contributed by atoms with Gasteiger partial charge in [0.15, 0.2) is 0 Å². The van der Waals surface area contributed by atoms with Crippen molar-refractivity contribution in [2.24, 2.45) is 0 Å². The van der Waals surface area contributed by atoms with Gasteiger partial charge in [0.2, 0.25) is 0 Å². The molecule has 1 heterocycles. The Kier molecular flexibility index (Phi) is 4.85. The van der Waals surface area contributed by atoms with E-state index < -0.39 is 0 Å². The van der Waals surface area contributed by atoms with Crippen LogP contribution in [-0.4, -0.2) is 18.0 Å². The fourth-order valence-corrected chi connectivity index (χ4v) is 3.24. The lowest BCUT2D eigenvalue weighted by atomic mass is 10.3. The number of benzene rings is 1. The molecule has 1 aromatic heterocycles. The molecule has 0 atom stereocenters. The molecule has 0 spiro atoms. The fraction of sp³-hybridized carbons (Fsp3) is 0.154. The molecule has 0 bridgehead atoms. The fourth-order valence-electron chi connectivity index (χ4n) is 1.52. The van der Waals surface area contributed by atoms with E-state index in [1.54, 1.807) is 35.4 Å². The van der Waals surface area contributed by atoms with Crippen LogP contribution in [0.25, 0.3) is 0 Å². The molecular formula is C13H12BrClN2OS. The Morgan fingerprint density at radius 1 is 1.37 bits per heavy atom. The second-order valence-corrected chi connectivity index (χ2v) is 6.93. The SMILES string of the molecule is CN(Cc1ccc(Br)s1)C(=O)Nc1ccccc1Cl. The molecule has 1 aromatic carbocycles. The molecule has 0 saturated carbocycles. The summed E-state index contributed by atoms with van der Waals surface area (Å²) in [5, 5.41) is 3.32. The third kappa shape index (κ3) is 3.96. The van der Waals surface area contributed by atoms with E-state index in [2.05, 4.69) is 21.2 Å². The number of rotatable bonds is 3. The van der Waals surface area contributed by atoms with Crippen molar-refractivity contribution in [3.8, 4) is 0 Å². The van der Waals surface area contributed by atoms with Crippen molar-refractivity contribution in [3.63, 3.8) is 0 Å². The minimum absolute atomic E-state index is 0.183. The minimum Gasteiger partial charge on any atom is -0.322 e. The van der Waals surface area contributed by atoms with E-state index in [1.807, 2.05) is 24.3 Å². The summed E-state index contributed by atoms with van der Waals surface area (Å²) in [6, 6.07) is 11.0. The van der Waals surface area contributed by atoms with E-state index in [0.29, 0.717) is 17.3 Å². The van der Waals surface area contributed by atoms with Gasteiger partial charge in [-0.15, -0.1) is 11.3 Å². The first kappa shape index (κ1) is 14.4. The summed E-state index contributed by atoms with van der Waals surface area (Å²) in [4.78, 5) is 14.8. The van der Waals surface area contributed by atoms with Gasteiger partial charge in [-0.1, -0.05) is 23.7 Å². The highest BCUT2D eigenvalue weighted by Crippen LogP contribution is 2.24. The van der Waals surface area contributed by atoms with Crippen molar-refractivity contribution in [3.05, 3.63) is 50.1 Å². The number of nitrogens with one attached hydrogen (secondary N) is 1. The van der Waals surface area contributed by atoms with Crippen LogP contribution in [0.2, 0.25) is 5.02 Å². The van der Waals surface area contributed by atoms with Gasteiger partial charge in [-0.3, -0.25) is 0 Å². The lowest BCUT2D eigenvalue weighted by molar-refractivity contribution is 0.221. The van der Waals surface area contributed by atoms with Crippen LogP contribution >= 0.6 is 38.9 Å². The number of nitrogens with zero attached hydrogens (tertiary/aromatic N) is 1. The summed E-state index contributed by atoms with van der Waals surface area (Å²) in [5.74, 6) is 0. The van der Waals surface area contributed by atoms with E-state index in [-0.39, 0.29) is 6.03 Å². The molecule has 0 aliphatic heterocycles. The average Bonchev–Trinajstić information content (AvgIpc) is 2.77. The van der Waals surface area contributed by atoms with Crippen LogP contribution in [0.3, 0.4) is 0 Å². The van der Waals surface area contributed by atoms with Crippen LogP contribution in [0.15, 0.2) is 40.2 Å². The largest absolute Gasteiger partial charge is 0.322 e. The van der Waals surface area contributed by atoms with E-state index in [0.717, 1.165) is 8.66 Å². The maximum absolute atomic E-state index is 12.0. The normalized spacial score (nSPS) is 10.3. The van der Waals surface area contributed by atoms with Crippen LogP contribution in [0, 0.1) is 0 Å². The number of hydrogen-bond acceptors (Lipinski definition) is 2. The Morgan fingerprint density at radius 2 is 2.11 bits per heavy atom. The molecule has 0 saturated heterocycles. The second-order valence-electron chi connectivity index (χ2n) is 3.97. The first-order chi connectivity index (χ1) is 9.06. The average molecular weight is 360 g/mol. The molecule has 0 aliphatic carbocycles. The van der Waals surface area contributed by atoms with E-state index in [9.17, 15) is 4.79 Å². The number of carbonyl (C=O) groups is 1. The van der Waals surface area contributed by atoms with Crippen molar-refractivity contribution >= 4 is 50.6 Å². The van der Waals surface area contributed by atoms with Gasteiger partial charge in [0.25, 0.3) is 0 Å². The van der Waals surface area contributed by atoms with Gasteiger partial charge in [-0.25, -0.2) is 4.79 Å². The van der Waals surface area contributed by atoms with Gasteiger partial charge in [-0.2, -0.15) is 0 Å². The standard InChI is InChI=1S/C13H12BrClN2OS/c1-17(8-9-6-7-12(14)19-9)13(18)16-11-5-3-2-4-10(11)15/h2-7H,8H2,1H3,(H,16,18). The zero-order valence-corrected chi connectivity index (χ0v) is 13.3. The van der Waals surface area contributed by atoms with Crippen molar-refractivity contribution in [1.82, 2.24) is 4.90 Å². The van der Waals surface area contributed by atoms with Crippen molar-refractivity contribution in [2.75, 3.05) is 12.4 Å². The lowest BCUT2D eigenvalue weighted by Crippen LogP contribution is -2.30. The Labute approximate surface area is 129 Å². The van der Waals surface area contributed by atoms with E-state index in [4.69, 9.17) is 11.6 Å². The topological polar surface area (TPSA) is 32.3 Å². The lowest BCUT2D eigenvalue weighted by Gasteiger charge is -2.17. The molecule has 19 heavy (non-hydrogen) atoms. The number of halogens is 2. The molecule has 0 radical (unpaired) electrons. The Balaban J connectivity index is 1.98. The molecule has 3 nitrogen and oxygen atoms in total. The maximum atomic E-state index is 12.0. The molecule has 100 valence electrons. The number of carbonyl (C=O) groups excluding carboxylic acids is 1. The van der Waals surface area contributed by atoms with Gasteiger partial charge in [0.1, 0.15) is 0 Å². The summed E-state index contributed by atoms with van der Waals surface area (Å²) in [5.41, 5.74) is 0.619. The molecule has 6 heteroatoms.